The fourth-order valence-electron chi connectivity index (χ4n) is 12.2. The molecule has 5 fully saturated rings. The third kappa shape index (κ3) is 10.1. The number of nitrogens with zero attached hydrogens (tertiary/aromatic N) is 1. The second kappa shape index (κ2) is 20.8. The van der Waals surface area contributed by atoms with Gasteiger partial charge in [-0.2, -0.15) is 0 Å². The van der Waals surface area contributed by atoms with Crippen molar-refractivity contribution in [3.05, 3.63) is 41.5 Å². The van der Waals surface area contributed by atoms with Crippen molar-refractivity contribution in [2.24, 2.45) is 35.5 Å². The highest BCUT2D eigenvalue weighted by Crippen LogP contribution is 2.57. The van der Waals surface area contributed by atoms with Gasteiger partial charge in [0, 0.05) is 56.4 Å². The summed E-state index contributed by atoms with van der Waals surface area (Å²) in [7, 11) is 9.01. The number of cyclic esters (lactones) is 1. The molecule has 0 spiro atoms. The van der Waals surface area contributed by atoms with Gasteiger partial charge in [0.15, 0.2) is 24.1 Å². The highest BCUT2D eigenvalue weighted by atomic mass is 16.7. The smallest absolute Gasteiger partial charge is 0.306 e. The zero-order valence-corrected chi connectivity index (χ0v) is 39.1. The third-order valence-electron chi connectivity index (χ3n) is 15.5. The molecule has 0 aromatic heterocycles. The largest absolute Gasteiger partial charge is 0.462 e. The molecule has 2 N–H and O–H groups in total. The zero-order chi connectivity index (χ0) is 45.3. The lowest BCUT2D eigenvalue weighted by molar-refractivity contribution is -0.314. The summed E-state index contributed by atoms with van der Waals surface area (Å²) in [5.41, 5.74) is 1.93. The van der Waals surface area contributed by atoms with Crippen molar-refractivity contribution in [3.8, 4) is 0 Å². The molecule has 2 saturated carbocycles. The SMILES string of the molecule is CC[C@H]1CCC[C@H](O[C@H]2CC[C@H](N(C)C)C(C)O2)[C@@H](C)C(=O)C2=C[C@H]3[C@@H]4C[C@H](O[C@@H]5OC(C)[C@H](OC)C(OC)C5OC)C[C@H]4[C@H](Nc4ccc(C(C)=O)cc4)[C@@H](O)[C@H]3[C@@H]2CC(=O)O1. The number of carbonyl (C=O) groups is 3. The maximum Gasteiger partial charge on any atom is 0.306 e. The quantitative estimate of drug-likeness (QED) is 0.187. The van der Waals surface area contributed by atoms with Crippen LogP contribution in [0.2, 0.25) is 0 Å². The number of carbonyl (C=O) groups excluding carboxylic acids is 3. The second-order valence-electron chi connectivity index (χ2n) is 19.4. The van der Waals surface area contributed by atoms with E-state index in [1.165, 1.54) is 6.92 Å². The highest BCUT2D eigenvalue weighted by molar-refractivity contribution is 5.99. The Morgan fingerprint density at radius 1 is 0.873 bits per heavy atom. The highest BCUT2D eigenvalue weighted by Gasteiger charge is 2.60. The summed E-state index contributed by atoms with van der Waals surface area (Å²) in [4.78, 5) is 43.4. The van der Waals surface area contributed by atoms with Gasteiger partial charge in [-0.25, -0.2) is 0 Å². The molecule has 4 unspecified atom stereocenters. The van der Waals surface area contributed by atoms with Crippen molar-refractivity contribution in [2.45, 2.75) is 172 Å². The van der Waals surface area contributed by atoms with Crippen LogP contribution >= 0.6 is 0 Å². The van der Waals surface area contributed by atoms with Crippen LogP contribution in [-0.2, 0) is 47.5 Å². The fourth-order valence-corrected chi connectivity index (χ4v) is 12.2. The first-order valence-electron chi connectivity index (χ1n) is 23.5. The van der Waals surface area contributed by atoms with Gasteiger partial charge < -0.3 is 53.2 Å². The average molecular weight is 883 g/mol. The Balaban J connectivity index is 1.21. The molecule has 1 aromatic carbocycles. The Kier molecular flexibility index (Phi) is 15.9. The van der Waals surface area contributed by atoms with Gasteiger partial charge in [0.05, 0.1) is 43.0 Å². The molecule has 0 bridgehead atoms. The Morgan fingerprint density at radius 3 is 2.21 bits per heavy atom. The molecule has 3 aliphatic carbocycles. The van der Waals surface area contributed by atoms with E-state index in [1.54, 1.807) is 33.5 Å². The van der Waals surface area contributed by atoms with E-state index < -0.39 is 60.8 Å². The summed E-state index contributed by atoms with van der Waals surface area (Å²) in [6, 6.07) is 7.12. The lowest BCUT2D eigenvalue weighted by Crippen LogP contribution is -2.59. The number of anilines is 1. The molecule has 7 rings (SSSR count). The molecule has 3 aliphatic heterocycles. The van der Waals surface area contributed by atoms with Crippen LogP contribution in [0.5, 0.6) is 0 Å². The molecule has 3 heterocycles. The van der Waals surface area contributed by atoms with Gasteiger partial charge in [-0.1, -0.05) is 19.9 Å². The van der Waals surface area contributed by atoms with Crippen molar-refractivity contribution >= 4 is 23.2 Å². The van der Waals surface area contributed by atoms with Gasteiger partial charge in [-0.05, 0) is 134 Å². The van der Waals surface area contributed by atoms with E-state index in [4.69, 9.17) is 37.9 Å². The van der Waals surface area contributed by atoms with Gasteiger partial charge in [0.1, 0.15) is 24.4 Å². The van der Waals surface area contributed by atoms with E-state index in [1.807, 2.05) is 32.9 Å². The summed E-state index contributed by atoms with van der Waals surface area (Å²) >= 11 is 0. The number of likely N-dealkylation sites (N-methyl/N-ethyl adjacent to an activating group) is 1. The molecule has 14 nitrogen and oxygen atoms in total. The first-order valence-corrected chi connectivity index (χ1v) is 23.5. The number of nitrogens with one attached hydrogen (secondary N) is 1. The lowest BCUT2D eigenvalue weighted by Gasteiger charge is -2.47. The number of aliphatic hydroxyl groups is 1. The second-order valence-corrected chi connectivity index (χ2v) is 19.4. The first kappa shape index (κ1) is 48.2. The summed E-state index contributed by atoms with van der Waals surface area (Å²) in [5.74, 6) is -2.30. The predicted molar refractivity (Wildman–Crippen MR) is 235 cm³/mol. The minimum Gasteiger partial charge on any atom is -0.462 e. The third-order valence-corrected chi connectivity index (χ3v) is 15.5. The maximum atomic E-state index is 15.1. The Hall–Kier alpha value is -2.79. The molecule has 14 heteroatoms. The number of fused-ring (bicyclic) bond motifs is 5. The Morgan fingerprint density at radius 2 is 1.57 bits per heavy atom. The topological polar surface area (TPSA) is 161 Å². The molecular weight excluding hydrogens is 809 g/mol. The number of hydrogen-bond donors (Lipinski definition) is 2. The molecule has 0 radical (unpaired) electrons. The van der Waals surface area contributed by atoms with E-state index in [2.05, 4.69) is 37.3 Å². The van der Waals surface area contributed by atoms with Crippen LogP contribution in [0.15, 0.2) is 35.9 Å². The van der Waals surface area contributed by atoms with Crippen LogP contribution in [0.25, 0.3) is 0 Å². The van der Waals surface area contributed by atoms with E-state index in [-0.39, 0.29) is 78.3 Å². The lowest BCUT2D eigenvalue weighted by atomic mass is 9.62. The monoisotopic (exact) mass is 883 g/mol. The molecule has 0 amide bonds. The van der Waals surface area contributed by atoms with Gasteiger partial charge in [0.25, 0.3) is 0 Å². The minimum atomic E-state index is -0.946. The van der Waals surface area contributed by atoms with E-state index in [0.29, 0.717) is 43.2 Å². The van der Waals surface area contributed by atoms with E-state index in [9.17, 15) is 14.7 Å². The molecule has 3 saturated heterocycles. The van der Waals surface area contributed by atoms with Crippen LogP contribution in [-0.4, -0.2) is 143 Å². The molecule has 19 atom stereocenters. The number of Topliss-reactive ketones (excluding diaryl/α,β-unsaturated/α-hetero) is 2. The predicted octanol–water partition coefficient (Wildman–Crippen LogP) is 5.98. The number of hydrogen-bond acceptors (Lipinski definition) is 14. The number of esters is 1. The van der Waals surface area contributed by atoms with Crippen LogP contribution in [0, 0.1) is 35.5 Å². The number of benzene rings is 1. The van der Waals surface area contributed by atoms with Gasteiger partial charge in [-0.3, -0.25) is 14.4 Å². The number of allylic oxidation sites excluding steroid dienone is 2. The van der Waals surface area contributed by atoms with Crippen molar-refractivity contribution in [2.75, 3.05) is 40.7 Å². The minimum absolute atomic E-state index is 0.0144. The summed E-state index contributed by atoms with van der Waals surface area (Å²) in [5, 5.41) is 16.4. The Bertz CT molecular complexity index is 1760. The molecule has 63 heavy (non-hydrogen) atoms. The van der Waals surface area contributed by atoms with Gasteiger partial charge >= 0.3 is 5.97 Å². The first-order chi connectivity index (χ1) is 30.2. The number of rotatable bonds is 12. The molecular formula is C49H74N2O12. The van der Waals surface area contributed by atoms with Crippen LogP contribution < -0.4 is 5.32 Å². The molecule has 6 aliphatic rings. The van der Waals surface area contributed by atoms with Crippen LogP contribution in [0.3, 0.4) is 0 Å². The van der Waals surface area contributed by atoms with Crippen molar-refractivity contribution in [3.63, 3.8) is 0 Å². The number of methoxy groups -OCH3 is 3. The van der Waals surface area contributed by atoms with Crippen LogP contribution in [0.4, 0.5) is 5.69 Å². The van der Waals surface area contributed by atoms with Gasteiger partial charge in [-0.15, -0.1) is 0 Å². The van der Waals surface area contributed by atoms with E-state index in [0.717, 1.165) is 24.9 Å². The normalized spacial score (nSPS) is 42.3. The standard InChI is InChI=1S/C49H74N2O12/c1-11-31-13-12-14-39(63-41-20-19-38(51(6)7)27(4)59-41)25(2)44(54)37-23-34-33-21-32(62-49-48(58-10)47(57-9)46(56-8)28(5)60-49)22-36(33)43(45(55)42(34)35(37)24-40(53)61-31)50-30-17-15-29(16-18-30)26(3)52/h15-18,23,25,27-28,31-36,38-39,41-43,45-50,55H,11-14,19-22,24H2,1-10H3/t25-,27?,28?,31+,32+,33+,34+,35-,36-,38+,39+,41+,42-,43+,45+,46+,47?,48?,49+/m1/s1. The Labute approximate surface area is 374 Å². The maximum absolute atomic E-state index is 15.1. The summed E-state index contributed by atoms with van der Waals surface area (Å²) in [6.45, 7) is 9.54. The molecule has 352 valence electrons. The van der Waals surface area contributed by atoms with Crippen molar-refractivity contribution in [1.82, 2.24) is 4.90 Å². The van der Waals surface area contributed by atoms with Crippen molar-refractivity contribution in [1.29, 1.82) is 0 Å². The van der Waals surface area contributed by atoms with Crippen LogP contribution in [0.1, 0.15) is 103 Å². The van der Waals surface area contributed by atoms with E-state index >= 15 is 4.79 Å². The number of ether oxygens (including phenoxy) is 8. The number of ketones is 2. The summed E-state index contributed by atoms with van der Waals surface area (Å²) < 4.78 is 50.2. The molecule has 1 aromatic rings. The fraction of sp³-hybridized carbons (Fsp3) is 0.776. The average Bonchev–Trinajstić information content (AvgIpc) is 3.85. The number of aliphatic hydroxyl groups excluding tert-OH is 1. The summed E-state index contributed by atoms with van der Waals surface area (Å²) in [6.07, 6.45) is 2.92. The zero-order valence-electron chi connectivity index (χ0n) is 39.1. The van der Waals surface area contributed by atoms with Crippen molar-refractivity contribution < 1.29 is 57.4 Å². The van der Waals surface area contributed by atoms with Gasteiger partial charge in [0.2, 0.25) is 0 Å².